The van der Waals surface area contributed by atoms with Gasteiger partial charge in [0.05, 0.1) is 13.7 Å². The van der Waals surface area contributed by atoms with E-state index in [4.69, 9.17) is 9.47 Å². The van der Waals surface area contributed by atoms with Crippen LogP contribution < -0.4 is 10.1 Å². The summed E-state index contributed by atoms with van der Waals surface area (Å²) in [5, 5.41) is 2.91. The summed E-state index contributed by atoms with van der Waals surface area (Å²) in [5.74, 6) is 0.302. The number of anilines is 1. The van der Waals surface area contributed by atoms with Gasteiger partial charge < -0.3 is 14.8 Å². The van der Waals surface area contributed by atoms with Crippen LogP contribution in [0.2, 0.25) is 0 Å². The number of nitrogens with one attached hydrogen (secondary N) is 1. The van der Waals surface area contributed by atoms with Crippen LogP contribution in [0.4, 0.5) is 5.69 Å². The van der Waals surface area contributed by atoms with E-state index in [2.05, 4.69) is 5.32 Å². The number of esters is 1. The van der Waals surface area contributed by atoms with Crippen molar-refractivity contribution in [3.8, 4) is 5.75 Å². The third kappa shape index (κ3) is 5.06. The highest BCUT2D eigenvalue weighted by Crippen LogP contribution is 2.29. The van der Waals surface area contributed by atoms with Crippen molar-refractivity contribution >= 4 is 17.6 Å². The van der Waals surface area contributed by atoms with Crippen molar-refractivity contribution in [2.24, 2.45) is 5.41 Å². The zero-order chi connectivity index (χ0) is 16.8. The minimum Gasteiger partial charge on any atom is -0.496 e. The van der Waals surface area contributed by atoms with Crippen molar-refractivity contribution in [1.82, 2.24) is 0 Å². The first-order chi connectivity index (χ1) is 10.3. The molecule has 5 nitrogen and oxygen atoms in total. The maximum Gasteiger partial charge on any atom is 0.306 e. The van der Waals surface area contributed by atoms with E-state index in [0.29, 0.717) is 24.5 Å². The lowest BCUT2D eigenvalue weighted by Gasteiger charge is -2.20. The molecule has 1 aromatic carbocycles. The summed E-state index contributed by atoms with van der Waals surface area (Å²) < 4.78 is 10.3. The molecule has 1 N–H and O–H groups in total. The molecule has 0 aliphatic carbocycles. The van der Waals surface area contributed by atoms with Crippen molar-refractivity contribution < 1.29 is 19.1 Å². The molecule has 0 heterocycles. The number of hydrogen-bond donors (Lipinski definition) is 1. The van der Waals surface area contributed by atoms with Crippen LogP contribution in [0.15, 0.2) is 18.2 Å². The summed E-state index contributed by atoms with van der Waals surface area (Å²) in [6.45, 7) is 7.68. The van der Waals surface area contributed by atoms with E-state index >= 15 is 0 Å². The highest BCUT2D eigenvalue weighted by atomic mass is 16.5. The fourth-order valence-corrected chi connectivity index (χ4v) is 1.90. The first-order valence-electron chi connectivity index (χ1n) is 7.42. The maximum atomic E-state index is 12.2. The average Bonchev–Trinajstić information content (AvgIpc) is 2.44. The number of amides is 1. The van der Waals surface area contributed by atoms with Gasteiger partial charge in [-0.05, 0) is 25.5 Å². The van der Waals surface area contributed by atoms with E-state index in [-0.39, 0.29) is 18.3 Å². The van der Waals surface area contributed by atoms with E-state index in [1.807, 2.05) is 39.0 Å². The predicted molar refractivity (Wildman–Crippen MR) is 86.0 cm³/mol. The van der Waals surface area contributed by atoms with Gasteiger partial charge in [0.1, 0.15) is 5.75 Å². The summed E-state index contributed by atoms with van der Waals surface area (Å²) in [6, 6.07) is 5.44. The molecule has 0 fully saturated rings. The Balaban J connectivity index is 2.97. The molecule has 0 bridgehead atoms. The zero-order valence-electron chi connectivity index (χ0n) is 14.0. The molecule has 0 atom stereocenters. The summed E-state index contributed by atoms with van der Waals surface area (Å²) in [6.07, 6.45) is 0.690. The van der Waals surface area contributed by atoms with Crippen LogP contribution in [-0.2, 0) is 20.7 Å². The summed E-state index contributed by atoms with van der Waals surface area (Å²) in [4.78, 5) is 23.7. The molecule has 1 amide bonds. The van der Waals surface area contributed by atoms with E-state index < -0.39 is 5.41 Å². The van der Waals surface area contributed by atoms with E-state index in [0.717, 1.165) is 5.56 Å². The van der Waals surface area contributed by atoms with Gasteiger partial charge in [-0.2, -0.15) is 0 Å². The average molecular weight is 307 g/mol. The number of ether oxygens (including phenoxy) is 2. The van der Waals surface area contributed by atoms with Crippen LogP contribution in [0.1, 0.15) is 39.7 Å². The quantitative estimate of drug-likeness (QED) is 0.820. The highest BCUT2D eigenvalue weighted by Gasteiger charge is 2.23. The van der Waals surface area contributed by atoms with Gasteiger partial charge in [0, 0.05) is 23.1 Å². The first kappa shape index (κ1) is 18.0. The lowest BCUT2D eigenvalue weighted by Crippen LogP contribution is -2.28. The summed E-state index contributed by atoms with van der Waals surface area (Å²) in [7, 11) is 1.57. The molecule has 1 aromatic rings. The van der Waals surface area contributed by atoms with Crippen molar-refractivity contribution in [3.05, 3.63) is 23.8 Å². The Labute approximate surface area is 132 Å². The van der Waals surface area contributed by atoms with Crippen molar-refractivity contribution in [1.29, 1.82) is 0 Å². The Hall–Kier alpha value is -2.04. The number of carbonyl (C=O) groups is 2. The normalized spacial score (nSPS) is 11.0. The van der Waals surface area contributed by atoms with Crippen LogP contribution in [0.3, 0.4) is 0 Å². The van der Waals surface area contributed by atoms with Gasteiger partial charge in [0.15, 0.2) is 0 Å². The molecule has 0 aliphatic rings. The van der Waals surface area contributed by atoms with Gasteiger partial charge in [-0.25, -0.2) is 0 Å². The largest absolute Gasteiger partial charge is 0.496 e. The van der Waals surface area contributed by atoms with Crippen LogP contribution in [0.25, 0.3) is 0 Å². The first-order valence-corrected chi connectivity index (χ1v) is 7.42. The number of hydrogen-bond acceptors (Lipinski definition) is 4. The van der Waals surface area contributed by atoms with E-state index in [1.165, 1.54) is 0 Å². The third-order valence-corrected chi connectivity index (χ3v) is 3.17. The predicted octanol–water partition coefficient (Wildman–Crippen LogP) is 3.18. The second kappa shape index (κ2) is 7.82. The lowest BCUT2D eigenvalue weighted by molar-refractivity contribution is -0.143. The van der Waals surface area contributed by atoms with Gasteiger partial charge in [0.2, 0.25) is 5.91 Å². The molecular weight excluding hydrogens is 282 g/mol. The van der Waals surface area contributed by atoms with Gasteiger partial charge in [-0.15, -0.1) is 0 Å². The summed E-state index contributed by atoms with van der Waals surface area (Å²) >= 11 is 0. The highest BCUT2D eigenvalue weighted by molar-refractivity contribution is 5.95. The van der Waals surface area contributed by atoms with Crippen molar-refractivity contribution in [2.45, 2.75) is 40.5 Å². The molecule has 0 saturated carbocycles. The van der Waals surface area contributed by atoms with Gasteiger partial charge in [-0.3, -0.25) is 9.59 Å². The van der Waals surface area contributed by atoms with Crippen LogP contribution in [0.5, 0.6) is 5.75 Å². The second-order valence-electron chi connectivity index (χ2n) is 6.00. The molecule has 1 rings (SSSR count). The number of benzene rings is 1. The number of rotatable bonds is 6. The number of carbonyl (C=O) groups excluding carboxylic acids is 2. The van der Waals surface area contributed by atoms with Crippen molar-refractivity contribution in [2.75, 3.05) is 19.0 Å². The van der Waals surface area contributed by atoms with E-state index in [1.54, 1.807) is 14.0 Å². The Kier molecular flexibility index (Phi) is 6.40. The fraction of sp³-hybridized carbons (Fsp3) is 0.529. The maximum absolute atomic E-state index is 12.2. The standard InChI is InChI=1S/C17H25NO4/c1-6-22-15(19)11-10-12-13(8-7-9-14(12)21-5)18-16(20)17(2,3)4/h7-9H,6,10-11H2,1-5H3,(H,18,20). The Bertz CT molecular complexity index is 532. The molecule has 0 spiro atoms. The molecule has 22 heavy (non-hydrogen) atoms. The molecule has 5 heteroatoms. The molecule has 0 aromatic heterocycles. The lowest BCUT2D eigenvalue weighted by atomic mass is 9.95. The summed E-state index contributed by atoms with van der Waals surface area (Å²) in [5.41, 5.74) is 0.973. The molecule has 0 radical (unpaired) electrons. The van der Waals surface area contributed by atoms with Crippen LogP contribution in [0, 0.1) is 5.41 Å². The van der Waals surface area contributed by atoms with Crippen LogP contribution in [-0.4, -0.2) is 25.6 Å². The number of methoxy groups -OCH3 is 1. The molecule has 122 valence electrons. The van der Waals surface area contributed by atoms with Crippen LogP contribution >= 0.6 is 0 Å². The Morgan fingerprint density at radius 3 is 2.45 bits per heavy atom. The SMILES string of the molecule is CCOC(=O)CCc1c(NC(=O)C(C)(C)C)cccc1OC. The smallest absolute Gasteiger partial charge is 0.306 e. The fourth-order valence-electron chi connectivity index (χ4n) is 1.90. The van der Waals surface area contributed by atoms with Gasteiger partial charge in [0.25, 0.3) is 0 Å². The molecule has 0 saturated heterocycles. The Morgan fingerprint density at radius 1 is 1.23 bits per heavy atom. The molecule has 0 unspecified atom stereocenters. The van der Waals surface area contributed by atoms with E-state index in [9.17, 15) is 9.59 Å². The zero-order valence-corrected chi connectivity index (χ0v) is 14.0. The minimum absolute atomic E-state index is 0.0851. The van der Waals surface area contributed by atoms with Gasteiger partial charge >= 0.3 is 5.97 Å². The molecule has 0 aliphatic heterocycles. The topological polar surface area (TPSA) is 64.6 Å². The second-order valence-corrected chi connectivity index (χ2v) is 6.00. The monoisotopic (exact) mass is 307 g/mol. The van der Waals surface area contributed by atoms with Crippen molar-refractivity contribution in [3.63, 3.8) is 0 Å². The Morgan fingerprint density at radius 2 is 1.91 bits per heavy atom. The third-order valence-electron chi connectivity index (χ3n) is 3.17. The minimum atomic E-state index is -0.499. The van der Waals surface area contributed by atoms with Gasteiger partial charge in [-0.1, -0.05) is 26.8 Å². The molecular formula is C17H25NO4.